The topological polar surface area (TPSA) is 110 Å². The first-order valence-corrected chi connectivity index (χ1v) is 8.39. The number of carbonyl (C=O) groups excluding carboxylic acids is 2. The van der Waals surface area contributed by atoms with Crippen LogP contribution in [0.5, 0.6) is 0 Å². The summed E-state index contributed by atoms with van der Waals surface area (Å²) in [6.07, 6.45) is 0.476. The SMILES string of the molecule is N#CCCN(CCC#N)N=Nc1cccc2c1C(=O)c1ccccc1C2=O. The molecule has 0 saturated heterocycles. The van der Waals surface area contributed by atoms with E-state index in [2.05, 4.69) is 10.3 Å². The van der Waals surface area contributed by atoms with E-state index in [-0.39, 0.29) is 30.0 Å². The second kappa shape index (κ2) is 8.03. The molecule has 0 aromatic heterocycles. The summed E-state index contributed by atoms with van der Waals surface area (Å²) in [5, 5.41) is 27.2. The van der Waals surface area contributed by atoms with Gasteiger partial charge in [0.15, 0.2) is 11.6 Å². The first kappa shape index (κ1) is 18.0. The van der Waals surface area contributed by atoms with Crippen molar-refractivity contribution in [2.75, 3.05) is 13.1 Å². The number of hydrogen-bond acceptors (Lipinski definition) is 6. The lowest BCUT2D eigenvalue weighted by atomic mass is 9.83. The molecule has 0 fully saturated rings. The van der Waals surface area contributed by atoms with Gasteiger partial charge in [0.1, 0.15) is 0 Å². The Morgan fingerprint density at radius 1 is 0.815 bits per heavy atom. The van der Waals surface area contributed by atoms with E-state index in [1.807, 2.05) is 12.1 Å². The Hall–Kier alpha value is -3.84. The van der Waals surface area contributed by atoms with Crippen molar-refractivity contribution in [2.45, 2.75) is 12.8 Å². The number of fused-ring (bicyclic) bond motifs is 2. The van der Waals surface area contributed by atoms with Crippen LogP contribution in [-0.2, 0) is 0 Å². The maximum Gasteiger partial charge on any atom is 0.196 e. The summed E-state index contributed by atoms with van der Waals surface area (Å²) in [6, 6.07) is 15.6. The number of rotatable bonds is 6. The largest absolute Gasteiger partial charge is 0.289 e. The molecule has 0 saturated carbocycles. The third-order valence-electron chi connectivity index (χ3n) is 4.17. The minimum atomic E-state index is -0.268. The molecule has 0 atom stereocenters. The third-order valence-corrected chi connectivity index (χ3v) is 4.17. The highest BCUT2D eigenvalue weighted by Gasteiger charge is 2.31. The molecule has 0 spiro atoms. The summed E-state index contributed by atoms with van der Waals surface area (Å²) < 4.78 is 0. The quantitative estimate of drug-likeness (QED) is 0.494. The van der Waals surface area contributed by atoms with Crippen LogP contribution in [0.3, 0.4) is 0 Å². The normalized spacial score (nSPS) is 12.2. The minimum Gasteiger partial charge on any atom is -0.289 e. The molecule has 2 aromatic carbocycles. The van der Waals surface area contributed by atoms with E-state index in [0.29, 0.717) is 35.5 Å². The van der Waals surface area contributed by atoms with Crippen LogP contribution in [0.4, 0.5) is 5.69 Å². The highest BCUT2D eigenvalue weighted by atomic mass is 16.1. The molecule has 7 nitrogen and oxygen atoms in total. The molecule has 0 heterocycles. The highest BCUT2D eigenvalue weighted by molar-refractivity contribution is 6.29. The Morgan fingerprint density at radius 2 is 1.41 bits per heavy atom. The van der Waals surface area contributed by atoms with Crippen LogP contribution in [0.15, 0.2) is 52.8 Å². The molecule has 0 amide bonds. The molecule has 0 N–H and O–H groups in total. The average molecular weight is 357 g/mol. The number of benzene rings is 2. The first-order valence-electron chi connectivity index (χ1n) is 8.39. The molecule has 0 unspecified atom stereocenters. The first-order chi connectivity index (χ1) is 13.2. The van der Waals surface area contributed by atoms with Crippen LogP contribution in [0.2, 0.25) is 0 Å². The zero-order chi connectivity index (χ0) is 19.2. The van der Waals surface area contributed by atoms with Crippen molar-refractivity contribution >= 4 is 17.3 Å². The summed E-state index contributed by atoms with van der Waals surface area (Å²) >= 11 is 0. The number of nitrogens with zero attached hydrogens (tertiary/aromatic N) is 5. The number of ketones is 2. The molecular weight excluding hydrogens is 342 g/mol. The maximum atomic E-state index is 12.9. The molecule has 3 rings (SSSR count). The average Bonchev–Trinajstić information content (AvgIpc) is 2.71. The fourth-order valence-electron chi connectivity index (χ4n) is 2.88. The fraction of sp³-hybridized carbons (Fsp3) is 0.200. The summed E-state index contributed by atoms with van der Waals surface area (Å²) in [5.74, 6) is -0.488. The second-order valence-corrected chi connectivity index (χ2v) is 5.86. The Labute approximate surface area is 156 Å². The molecule has 1 aliphatic rings. The van der Waals surface area contributed by atoms with Crippen molar-refractivity contribution in [1.29, 1.82) is 10.5 Å². The lowest BCUT2D eigenvalue weighted by Crippen LogP contribution is -2.21. The zero-order valence-electron chi connectivity index (χ0n) is 14.4. The predicted molar refractivity (Wildman–Crippen MR) is 96.3 cm³/mol. The van der Waals surface area contributed by atoms with Gasteiger partial charge in [-0.15, -0.1) is 5.11 Å². The Morgan fingerprint density at radius 3 is 2.04 bits per heavy atom. The van der Waals surface area contributed by atoms with E-state index >= 15 is 0 Å². The molecular formula is C20H15N5O2. The van der Waals surface area contributed by atoms with Gasteiger partial charge >= 0.3 is 0 Å². The minimum absolute atomic E-state index is 0.219. The van der Waals surface area contributed by atoms with E-state index in [1.165, 1.54) is 5.01 Å². The van der Waals surface area contributed by atoms with Crippen LogP contribution in [-0.4, -0.2) is 29.7 Å². The zero-order valence-corrected chi connectivity index (χ0v) is 14.4. The Bertz CT molecular complexity index is 996. The van der Waals surface area contributed by atoms with Crippen LogP contribution in [0, 0.1) is 22.7 Å². The van der Waals surface area contributed by atoms with Gasteiger partial charge in [-0.25, -0.2) is 0 Å². The van der Waals surface area contributed by atoms with Crippen molar-refractivity contribution in [3.63, 3.8) is 0 Å². The monoisotopic (exact) mass is 357 g/mol. The summed E-state index contributed by atoms with van der Waals surface area (Å²) in [7, 11) is 0. The van der Waals surface area contributed by atoms with Crippen molar-refractivity contribution in [1.82, 2.24) is 5.01 Å². The third kappa shape index (κ3) is 3.58. The summed E-state index contributed by atoms with van der Waals surface area (Å²) in [6.45, 7) is 0.652. The Kier molecular flexibility index (Phi) is 5.34. The predicted octanol–water partition coefficient (Wildman–Crippen LogP) is 3.59. The standard InChI is InChI=1S/C20H15N5O2/c21-10-4-12-25(13-5-11-22)24-23-17-9-3-8-16-18(17)20(27)15-7-2-1-6-14(15)19(16)26/h1-3,6-9H,4-5,12-13H2. The lowest BCUT2D eigenvalue weighted by molar-refractivity contribution is 0.0979. The van der Waals surface area contributed by atoms with Gasteiger partial charge in [-0.05, 0) is 6.07 Å². The molecule has 2 aromatic rings. The van der Waals surface area contributed by atoms with Gasteiger partial charge in [0.25, 0.3) is 0 Å². The van der Waals surface area contributed by atoms with E-state index < -0.39 is 0 Å². The Balaban J connectivity index is 1.97. The molecule has 7 heteroatoms. The molecule has 27 heavy (non-hydrogen) atoms. The molecule has 132 valence electrons. The highest BCUT2D eigenvalue weighted by Crippen LogP contribution is 2.33. The van der Waals surface area contributed by atoms with Crippen LogP contribution < -0.4 is 0 Å². The van der Waals surface area contributed by atoms with E-state index in [1.54, 1.807) is 42.5 Å². The maximum absolute atomic E-state index is 12.9. The van der Waals surface area contributed by atoms with Crippen LogP contribution >= 0.6 is 0 Å². The van der Waals surface area contributed by atoms with Gasteiger partial charge < -0.3 is 0 Å². The number of nitriles is 2. The second-order valence-electron chi connectivity index (χ2n) is 5.86. The van der Waals surface area contributed by atoms with Gasteiger partial charge in [0, 0.05) is 16.7 Å². The molecule has 0 bridgehead atoms. The van der Waals surface area contributed by atoms with Crippen LogP contribution in [0.1, 0.15) is 44.7 Å². The van der Waals surface area contributed by atoms with Gasteiger partial charge in [-0.1, -0.05) is 41.6 Å². The van der Waals surface area contributed by atoms with Gasteiger partial charge in [-0.3, -0.25) is 14.6 Å². The lowest BCUT2D eigenvalue weighted by Gasteiger charge is -2.19. The van der Waals surface area contributed by atoms with E-state index in [4.69, 9.17) is 10.5 Å². The number of hydrogen-bond donors (Lipinski definition) is 0. The smallest absolute Gasteiger partial charge is 0.196 e. The molecule has 1 aliphatic carbocycles. The van der Waals surface area contributed by atoms with Gasteiger partial charge in [-0.2, -0.15) is 10.5 Å². The van der Waals surface area contributed by atoms with Crippen molar-refractivity contribution < 1.29 is 9.59 Å². The van der Waals surface area contributed by atoms with E-state index in [9.17, 15) is 9.59 Å². The van der Waals surface area contributed by atoms with Crippen molar-refractivity contribution in [2.24, 2.45) is 10.3 Å². The molecule has 0 aliphatic heterocycles. The summed E-state index contributed by atoms with van der Waals surface area (Å²) in [4.78, 5) is 25.6. The fourth-order valence-corrected chi connectivity index (χ4v) is 2.88. The van der Waals surface area contributed by atoms with E-state index in [0.717, 1.165) is 0 Å². The van der Waals surface area contributed by atoms with Gasteiger partial charge in [0.05, 0.1) is 49.3 Å². The van der Waals surface area contributed by atoms with Crippen molar-refractivity contribution in [3.8, 4) is 12.1 Å². The molecule has 0 radical (unpaired) electrons. The summed E-state index contributed by atoms with van der Waals surface area (Å²) in [5.41, 5.74) is 1.55. The number of carbonyl (C=O) groups is 2. The van der Waals surface area contributed by atoms with Crippen molar-refractivity contribution in [3.05, 3.63) is 64.7 Å². The van der Waals surface area contributed by atoms with Gasteiger partial charge in [0.2, 0.25) is 0 Å². The van der Waals surface area contributed by atoms with Crippen LogP contribution in [0.25, 0.3) is 0 Å².